The van der Waals surface area contributed by atoms with Gasteiger partial charge < -0.3 is 15.1 Å². The fourth-order valence-corrected chi connectivity index (χ4v) is 2.34. The van der Waals surface area contributed by atoms with Crippen LogP contribution in [0.15, 0.2) is 70.0 Å². The first-order chi connectivity index (χ1) is 11.6. The van der Waals surface area contributed by atoms with Gasteiger partial charge in [0.15, 0.2) is 5.76 Å². The van der Waals surface area contributed by atoms with E-state index < -0.39 is 0 Å². The van der Waals surface area contributed by atoms with Gasteiger partial charge in [-0.05, 0) is 58.4 Å². The number of furan rings is 1. The summed E-state index contributed by atoms with van der Waals surface area (Å²) >= 11 is 3.27. The lowest BCUT2D eigenvalue weighted by Crippen LogP contribution is -2.13. The summed E-state index contributed by atoms with van der Waals surface area (Å²) in [6.45, 7) is 0. The molecule has 0 bridgehead atoms. The molecule has 3 aromatic rings. The van der Waals surface area contributed by atoms with Gasteiger partial charge in [0.05, 0.1) is 11.8 Å². The van der Waals surface area contributed by atoms with E-state index in [1.807, 2.05) is 0 Å². The number of carbonyl (C=O) groups excluding carboxylic acids is 2. The molecule has 0 radical (unpaired) electrons. The molecular formula is C17H12BrN3O3. The summed E-state index contributed by atoms with van der Waals surface area (Å²) in [7, 11) is 0. The molecule has 2 heterocycles. The van der Waals surface area contributed by atoms with Crippen molar-refractivity contribution >= 4 is 39.1 Å². The molecule has 3 rings (SSSR count). The van der Waals surface area contributed by atoms with E-state index >= 15 is 0 Å². The lowest BCUT2D eigenvalue weighted by molar-refractivity contribution is 0.0994. The normalized spacial score (nSPS) is 10.2. The first-order valence-electron chi connectivity index (χ1n) is 6.98. The molecule has 0 fully saturated rings. The van der Waals surface area contributed by atoms with Crippen molar-refractivity contribution in [2.45, 2.75) is 0 Å². The zero-order chi connectivity index (χ0) is 16.9. The number of halogens is 1. The predicted octanol–water partition coefficient (Wildman–Crippen LogP) is 3.94. The summed E-state index contributed by atoms with van der Waals surface area (Å²) in [6.07, 6.45) is 4.52. The van der Waals surface area contributed by atoms with Crippen molar-refractivity contribution in [1.82, 2.24) is 4.98 Å². The summed E-state index contributed by atoms with van der Waals surface area (Å²) in [5, 5.41) is 5.46. The van der Waals surface area contributed by atoms with Crippen molar-refractivity contribution in [2.75, 3.05) is 10.6 Å². The van der Waals surface area contributed by atoms with Gasteiger partial charge in [-0.25, -0.2) is 0 Å². The number of nitrogens with zero attached hydrogens (tertiary/aromatic N) is 1. The zero-order valence-electron chi connectivity index (χ0n) is 12.3. The standard InChI is InChI=1S/C17H12BrN3O3/c18-12-8-11(9-19-10-12)16(22)20-13-3-5-14(6-4-13)21-17(23)15-2-1-7-24-15/h1-10H,(H,20,22)(H,21,23). The molecule has 120 valence electrons. The summed E-state index contributed by atoms with van der Waals surface area (Å²) in [5.74, 6) is -0.372. The summed E-state index contributed by atoms with van der Waals surface area (Å²) < 4.78 is 5.75. The number of rotatable bonds is 4. The highest BCUT2D eigenvalue weighted by atomic mass is 79.9. The summed E-state index contributed by atoms with van der Waals surface area (Å²) in [4.78, 5) is 28.0. The number of pyridine rings is 1. The minimum Gasteiger partial charge on any atom is -0.459 e. The van der Waals surface area contributed by atoms with Crippen molar-refractivity contribution < 1.29 is 14.0 Å². The molecule has 0 aliphatic carbocycles. The maximum Gasteiger partial charge on any atom is 0.291 e. The van der Waals surface area contributed by atoms with E-state index in [4.69, 9.17) is 4.42 Å². The Hall–Kier alpha value is -2.93. The molecule has 6 nitrogen and oxygen atoms in total. The average molecular weight is 386 g/mol. The van der Waals surface area contributed by atoms with E-state index in [0.29, 0.717) is 16.9 Å². The lowest BCUT2D eigenvalue weighted by atomic mass is 10.2. The van der Waals surface area contributed by atoms with Crippen molar-refractivity contribution in [2.24, 2.45) is 0 Å². The molecule has 2 aromatic heterocycles. The van der Waals surface area contributed by atoms with E-state index in [1.165, 1.54) is 12.5 Å². The van der Waals surface area contributed by atoms with Crippen molar-refractivity contribution in [3.63, 3.8) is 0 Å². The van der Waals surface area contributed by atoms with Gasteiger partial charge in [0.25, 0.3) is 11.8 Å². The molecule has 2 amide bonds. The SMILES string of the molecule is O=C(Nc1ccc(NC(=O)c2ccco2)cc1)c1cncc(Br)c1. The van der Waals surface area contributed by atoms with Gasteiger partial charge in [-0.3, -0.25) is 14.6 Å². The van der Waals surface area contributed by atoms with Gasteiger partial charge >= 0.3 is 0 Å². The second kappa shape index (κ2) is 7.10. The van der Waals surface area contributed by atoms with Gasteiger partial charge in [0, 0.05) is 28.2 Å². The van der Waals surface area contributed by atoms with Crippen LogP contribution in [0.25, 0.3) is 0 Å². The molecule has 1 aromatic carbocycles. The van der Waals surface area contributed by atoms with E-state index in [-0.39, 0.29) is 17.6 Å². The van der Waals surface area contributed by atoms with Gasteiger partial charge in [0.2, 0.25) is 0 Å². The lowest BCUT2D eigenvalue weighted by Gasteiger charge is -2.07. The molecule has 0 aliphatic rings. The van der Waals surface area contributed by atoms with Gasteiger partial charge in [0.1, 0.15) is 0 Å². The molecule has 24 heavy (non-hydrogen) atoms. The van der Waals surface area contributed by atoms with E-state index in [0.717, 1.165) is 4.47 Å². The minimum atomic E-state index is -0.336. The Morgan fingerprint density at radius 3 is 2.21 bits per heavy atom. The van der Waals surface area contributed by atoms with Gasteiger partial charge in [-0.15, -0.1) is 0 Å². The molecule has 0 aliphatic heterocycles. The third-order valence-electron chi connectivity index (χ3n) is 3.11. The second-order valence-electron chi connectivity index (χ2n) is 4.85. The Balaban J connectivity index is 1.64. The third-order valence-corrected chi connectivity index (χ3v) is 3.55. The molecule has 0 atom stereocenters. The molecular weight excluding hydrogens is 374 g/mol. The van der Waals surface area contributed by atoms with Crippen LogP contribution in [0.1, 0.15) is 20.9 Å². The minimum absolute atomic E-state index is 0.231. The fraction of sp³-hybridized carbons (Fsp3) is 0. The van der Waals surface area contributed by atoms with Crippen LogP contribution in [0.4, 0.5) is 11.4 Å². The van der Waals surface area contributed by atoms with Crippen molar-refractivity contribution in [3.8, 4) is 0 Å². The fourth-order valence-electron chi connectivity index (χ4n) is 1.98. The number of amides is 2. The quantitative estimate of drug-likeness (QED) is 0.712. The number of carbonyl (C=O) groups is 2. The van der Waals surface area contributed by atoms with E-state index in [1.54, 1.807) is 48.7 Å². The molecule has 0 saturated carbocycles. The van der Waals surface area contributed by atoms with Crippen LogP contribution < -0.4 is 10.6 Å². The number of benzene rings is 1. The predicted molar refractivity (Wildman–Crippen MR) is 93.0 cm³/mol. The monoisotopic (exact) mass is 385 g/mol. The Labute approximate surface area is 146 Å². The van der Waals surface area contributed by atoms with Crippen molar-refractivity contribution in [1.29, 1.82) is 0 Å². The number of aromatic nitrogens is 1. The second-order valence-corrected chi connectivity index (χ2v) is 5.77. The maximum atomic E-state index is 12.1. The third kappa shape index (κ3) is 3.88. The van der Waals surface area contributed by atoms with Crippen LogP contribution in [-0.4, -0.2) is 16.8 Å². The number of hydrogen-bond donors (Lipinski definition) is 2. The van der Waals surface area contributed by atoms with Gasteiger partial charge in [-0.2, -0.15) is 0 Å². The van der Waals surface area contributed by atoms with Crippen LogP contribution in [0.2, 0.25) is 0 Å². The van der Waals surface area contributed by atoms with Crippen LogP contribution in [0.5, 0.6) is 0 Å². The summed E-state index contributed by atoms with van der Waals surface area (Å²) in [5.41, 5.74) is 1.65. The maximum absolute atomic E-state index is 12.1. The topological polar surface area (TPSA) is 84.2 Å². The first kappa shape index (κ1) is 15.9. The van der Waals surface area contributed by atoms with E-state index in [9.17, 15) is 9.59 Å². The number of nitrogens with one attached hydrogen (secondary N) is 2. The molecule has 0 unspecified atom stereocenters. The Bertz CT molecular complexity index is 861. The molecule has 0 saturated heterocycles. The molecule has 2 N–H and O–H groups in total. The first-order valence-corrected chi connectivity index (χ1v) is 7.78. The Morgan fingerprint density at radius 1 is 0.958 bits per heavy atom. The van der Waals surface area contributed by atoms with Crippen molar-refractivity contribution in [3.05, 3.63) is 76.9 Å². The van der Waals surface area contributed by atoms with E-state index in [2.05, 4.69) is 31.5 Å². The van der Waals surface area contributed by atoms with Gasteiger partial charge in [-0.1, -0.05) is 0 Å². The van der Waals surface area contributed by atoms with Crippen LogP contribution in [0, 0.1) is 0 Å². The van der Waals surface area contributed by atoms with Crippen LogP contribution in [0.3, 0.4) is 0 Å². The average Bonchev–Trinajstić information content (AvgIpc) is 3.11. The highest BCUT2D eigenvalue weighted by molar-refractivity contribution is 9.10. The highest BCUT2D eigenvalue weighted by Gasteiger charge is 2.10. The Morgan fingerprint density at radius 2 is 1.62 bits per heavy atom. The van der Waals surface area contributed by atoms with Crippen LogP contribution in [-0.2, 0) is 0 Å². The zero-order valence-corrected chi connectivity index (χ0v) is 13.9. The number of hydrogen-bond acceptors (Lipinski definition) is 4. The summed E-state index contributed by atoms with van der Waals surface area (Å²) in [6, 6.07) is 11.7. The molecule has 7 heteroatoms. The largest absolute Gasteiger partial charge is 0.459 e. The highest BCUT2D eigenvalue weighted by Crippen LogP contribution is 2.16. The smallest absolute Gasteiger partial charge is 0.291 e. The number of anilines is 2. The molecule has 0 spiro atoms. The Kier molecular flexibility index (Phi) is 4.72. The van der Waals surface area contributed by atoms with Crippen LogP contribution >= 0.6 is 15.9 Å².